The summed E-state index contributed by atoms with van der Waals surface area (Å²) in [6, 6.07) is 0.182. The highest BCUT2D eigenvalue weighted by Crippen LogP contribution is 2.34. The summed E-state index contributed by atoms with van der Waals surface area (Å²) < 4.78 is 24.5. The molecule has 0 saturated carbocycles. The molecule has 11 nitrogen and oxygen atoms in total. The van der Waals surface area contributed by atoms with Gasteiger partial charge in [0.05, 0.1) is 25.1 Å². The fraction of sp³-hybridized carbons (Fsp3) is 0.650. The van der Waals surface area contributed by atoms with Crippen LogP contribution >= 0.6 is 12.2 Å². The third-order valence-corrected chi connectivity index (χ3v) is 5.55. The van der Waals surface area contributed by atoms with Crippen molar-refractivity contribution in [2.24, 2.45) is 0 Å². The quantitative estimate of drug-likeness (QED) is 0.437. The number of ether oxygens (including phenoxy) is 4. The summed E-state index contributed by atoms with van der Waals surface area (Å²) >= 11 is 5.18. The van der Waals surface area contributed by atoms with Gasteiger partial charge in [-0.1, -0.05) is 6.92 Å². The molecule has 0 radical (unpaired) electrons. The predicted octanol–water partition coefficient (Wildman–Crippen LogP) is 1.55. The molecule has 2 fully saturated rings. The molecule has 0 spiro atoms. The number of hydrogen-bond acceptors (Lipinski definition) is 10. The van der Waals surface area contributed by atoms with Crippen LogP contribution in [0.2, 0.25) is 0 Å². The second-order valence-corrected chi connectivity index (χ2v) is 8.18. The average molecular weight is 465 g/mol. The van der Waals surface area contributed by atoms with Crippen LogP contribution in [-0.2, 0) is 23.7 Å². The molecular weight excluding hydrogens is 436 g/mol. The van der Waals surface area contributed by atoms with E-state index in [1.54, 1.807) is 10.9 Å². The highest BCUT2D eigenvalue weighted by molar-refractivity contribution is 7.80. The smallest absolute Gasteiger partial charge is 0.303 e. The van der Waals surface area contributed by atoms with Crippen LogP contribution < -0.4 is 10.6 Å². The summed E-state index contributed by atoms with van der Waals surface area (Å²) in [6.07, 6.45) is 4.02. The molecule has 2 aromatic heterocycles. The number of imidazole rings is 1. The number of anilines is 1. The van der Waals surface area contributed by atoms with Gasteiger partial charge in [0.1, 0.15) is 19.0 Å². The zero-order chi connectivity index (χ0) is 22.5. The van der Waals surface area contributed by atoms with E-state index in [4.69, 9.17) is 31.2 Å². The number of rotatable bonds is 8. The van der Waals surface area contributed by atoms with Crippen molar-refractivity contribution in [3.63, 3.8) is 0 Å². The van der Waals surface area contributed by atoms with Crippen LogP contribution in [0.5, 0.6) is 0 Å². The van der Waals surface area contributed by atoms with Crippen molar-refractivity contribution in [2.45, 2.75) is 57.6 Å². The summed E-state index contributed by atoms with van der Waals surface area (Å²) in [5.41, 5.74) is 1.21. The van der Waals surface area contributed by atoms with Crippen molar-refractivity contribution in [1.82, 2.24) is 24.8 Å². The Hall–Kier alpha value is -2.57. The summed E-state index contributed by atoms with van der Waals surface area (Å²) in [5, 5.41) is 6.72. The summed E-state index contributed by atoms with van der Waals surface area (Å²) in [7, 11) is 0. The number of aromatic nitrogens is 4. The lowest BCUT2D eigenvalue weighted by atomic mass is 10.2. The Morgan fingerprint density at radius 1 is 1.38 bits per heavy atom. The number of fused-ring (bicyclic) bond motifs is 1. The van der Waals surface area contributed by atoms with E-state index in [0.29, 0.717) is 35.2 Å². The van der Waals surface area contributed by atoms with Gasteiger partial charge in [0, 0.05) is 26.5 Å². The van der Waals surface area contributed by atoms with Crippen molar-refractivity contribution in [1.29, 1.82) is 0 Å². The molecule has 2 aromatic rings. The first-order valence-electron chi connectivity index (χ1n) is 10.8. The Morgan fingerprint density at radius 2 is 2.25 bits per heavy atom. The first kappa shape index (κ1) is 22.6. The number of carbonyl (C=O) groups is 1. The highest BCUT2D eigenvalue weighted by atomic mass is 32.1. The zero-order valence-corrected chi connectivity index (χ0v) is 19.0. The molecule has 2 N–H and O–H groups in total. The fourth-order valence-electron chi connectivity index (χ4n) is 3.82. The molecule has 0 bridgehead atoms. The number of nitrogens with one attached hydrogen (secondary N) is 2. The molecule has 4 atom stereocenters. The molecule has 32 heavy (non-hydrogen) atoms. The highest BCUT2D eigenvalue weighted by Gasteiger charge is 2.40. The molecule has 4 rings (SSSR count). The maximum Gasteiger partial charge on any atom is 0.303 e. The minimum Gasteiger partial charge on any atom is -0.468 e. The third-order valence-electron chi connectivity index (χ3n) is 5.29. The number of thiocarbonyl (C=S) groups is 1. The molecule has 0 aromatic carbocycles. The standard InChI is InChI=1S/C20H28N6O5S/c1-3-5-21-20(32)29-9-14-7-15(30-12(2)27)19(31-14)26-11-24-16-17(22-10-23-18(16)26)25-13-4-6-28-8-13/h10-11,13-15,19H,3-9H2,1-2H3,(H,21,32)(H,22,23,25)/t13-,14-,15-,19-/m1/s1. The average Bonchev–Trinajstić information content (AvgIpc) is 3.50. The van der Waals surface area contributed by atoms with E-state index in [2.05, 4.69) is 25.6 Å². The number of esters is 1. The van der Waals surface area contributed by atoms with E-state index in [0.717, 1.165) is 26.0 Å². The Kier molecular flexibility index (Phi) is 7.33. The van der Waals surface area contributed by atoms with E-state index < -0.39 is 12.3 Å². The molecule has 4 heterocycles. The van der Waals surface area contributed by atoms with Gasteiger partial charge in [-0.3, -0.25) is 9.36 Å². The Morgan fingerprint density at radius 3 is 3.00 bits per heavy atom. The Bertz CT molecular complexity index is 950. The van der Waals surface area contributed by atoms with Crippen molar-refractivity contribution in [3.05, 3.63) is 12.7 Å². The lowest BCUT2D eigenvalue weighted by Crippen LogP contribution is -2.28. The minimum absolute atomic E-state index is 0.182. The molecule has 2 saturated heterocycles. The van der Waals surface area contributed by atoms with Gasteiger partial charge in [-0.25, -0.2) is 15.0 Å². The minimum atomic E-state index is -0.591. The van der Waals surface area contributed by atoms with Crippen molar-refractivity contribution in [3.8, 4) is 0 Å². The van der Waals surface area contributed by atoms with Crippen molar-refractivity contribution in [2.75, 3.05) is 31.7 Å². The van der Waals surface area contributed by atoms with Gasteiger partial charge < -0.3 is 29.6 Å². The second-order valence-electron chi connectivity index (χ2n) is 7.81. The number of nitrogens with zero attached hydrogens (tertiary/aromatic N) is 4. The van der Waals surface area contributed by atoms with E-state index in [1.807, 2.05) is 6.92 Å². The maximum absolute atomic E-state index is 11.7. The van der Waals surface area contributed by atoms with Crippen LogP contribution in [0.4, 0.5) is 5.82 Å². The molecule has 0 aliphatic carbocycles. The fourth-order valence-corrected chi connectivity index (χ4v) is 3.99. The van der Waals surface area contributed by atoms with E-state index in [9.17, 15) is 4.79 Å². The normalized spacial score (nSPS) is 25.1. The van der Waals surface area contributed by atoms with Gasteiger partial charge in [0.2, 0.25) is 0 Å². The van der Waals surface area contributed by atoms with Gasteiger partial charge >= 0.3 is 5.97 Å². The van der Waals surface area contributed by atoms with Gasteiger partial charge in [-0.05, 0) is 25.1 Å². The summed E-state index contributed by atoms with van der Waals surface area (Å²) in [4.78, 5) is 25.0. The Labute approximate surface area is 191 Å². The van der Waals surface area contributed by atoms with Crippen molar-refractivity contribution < 1.29 is 23.7 Å². The van der Waals surface area contributed by atoms with Crippen LogP contribution in [0.1, 0.15) is 39.3 Å². The molecule has 0 unspecified atom stereocenters. The number of carbonyl (C=O) groups excluding carboxylic acids is 1. The lowest BCUT2D eigenvalue weighted by Gasteiger charge is -2.20. The molecule has 2 aliphatic rings. The Balaban J connectivity index is 1.50. The van der Waals surface area contributed by atoms with E-state index in [1.165, 1.54) is 13.3 Å². The lowest BCUT2D eigenvalue weighted by molar-refractivity contribution is -0.152. The van der Waals surface area contributed by atoms with Gasteiger partial charge in [0.15, 0.2) is 23.2 Å². The second kappa shape index (κ2) is 10.4. The first-order valence-corrected chi connectivity index (χ1v) is 11.2. The number of hydrogen-bond donors (Lipinski definition) is 2. The van der Waals surface area contributed by atoms with E-state index >= 15 is 0 Å². The first-order chi connectivity index (χ1) is 15.5. The zero-order valence-electron chi connectivity index (χ0n) is 18.2. The van der Waals surface area contributed by atoms with Crippen LogP contribution in [0.3, 0.4) is 0 Å². The molecule has 174 valence electrons. The summed E-state index contributed by atoms with van der Waals surface area (Å²) in [6.45, 7) is 5.77. The van der Waals surface area contributed by atoms with Gasteiger partial charge in [0.25, 0.3) is 5.17 Å². The molecule has 0 amide bonds. The SMILES string of the molecule is CCCNC(=S)OC[C@H]1C[C@@H](OC(C)=O)[C@H](n2cnc3c(N[C@@H]4CCOC4)ncnc32)O1. The van der Waals surface area contributed by atoms with Crippen molar-refractivity contribution >= 4 is 40.3 Å². The molecular formula is C20H28N6O5S. The van der Waals surface area contributed by atoms with Gasteiger partial charge in [-0.2, -0.15) is 0 Å². The van der Waals surface area contributed by atoms with Crippen LogP contribution in [0, 0.1) is 0 Å². The largest absolute Gasteiger partial charge is 0.468 e. The van der Waals surface area contributed by atoms with Gasteiger partial charge in [-0.15, -0.1) is 0 Å². The molecule has 12 heteroatoms. The predicted molar refractivity (Wildman–Crippen MR) is 119 cm³/mol. The van der Waals surface area contributed by atoms with Crippen LogP contribution in [0.15, 0.2) is 12.7 Å². The topological polar surface area (TPSA) is 122 Å². The summed E-state index contributed by atoms with van der Waals surface area (Å²) in [5.74, 6) is 0.256. The maximum atomic E-state index is 11.7. The van der Waals surface area contributed by atoms with Crippen LogP contribution in [0.25, 0.3) is 11.2 Å². The van der Waals surface area contributed by atoms with E-state index in [-0.39, 0.29) is 24.7 Å². The molecule has 2 aliphatic heterocycles. The monoisotopic (exact) mass is 464 g/mol. The third kappa shape index (κ3) is 5.25. The van der Waals surface area contributed by atoms with Crippen LogP contribution in [-0.4, -0.2) is 75.3 Å².